The van der Waals surface area contributed by atoms with Crippen LogP contribution in [0.5, 0.6) is 0 Å². The van der Waals surface area contributed by atoms with Crippen molar-refractivity contribution in [1.82, 2.24) is 6.15 Å². The molecule has 0 aromatic heterocycles. The van der Waals surface area contributed by atoms with E-state index in [1.807, 2.05) is 13.0 Å². The first-order chi connectivity index (χ1) is 7.91. The smallest absolute Gasteiger partial charge is 0.328 e. The van der Waals surface area contributed by atoms with E-state index in [2.05, 4.69) is 26.8 Å². The molecule has 18 heavy (non-hydrogen) atoms. The molecule has 0 aliphatic carbocycles. The van der Waals surface area contributed by atoms with Crippen molar-refractivity contribution < 1.29 is 9.90 Å². The lowest BCUT2D eigenvalue weighted by Crippen LogP contribution is -1.95. The first kappa shape index (κ1) is 19.3. The summed E-state index contributed by atoms with van der Waals surface area (Å²) in [5, 5.41) is 8.55. The Hall–Kier alpha value is -1.09. The third kappa shape index (κ3) is 13.0. The average molecular weight is 256 g/mol. The first-order valence-corrected chi connectivity index (χ1v) is 6.49. The maximum Gasteiger partial charge on any atom is 0.328 e. The number of quaternary nitrogens is 1. The van der Waals surface area contributed by atoms with E-state index in [0.717, 1.165) is 17.9 Å². The molecule has 0 aliphatic heterocycles. The van der Waals surface area contributed by atoms with Gasteiger partial charge in [0.25, 0.3) is 0 Å². The van der Waals surface area contributed by atoms with Crippen LogP contribution in [0.3, 0.4) is 0 Å². The lowest BCUT2D eigenvalue weighted by Gasteiger charge is -2.09. The Labute approximate surface area is 112 Å². The van der Waals surface area contributed by atoms with Crippen molar-refractivity contribution in [2.45, 2.75) is 53.4 Å². The Balaban J connectivity index is 0. The average Bonchev–Trinajstić information content (AvgIpc) is 2.15. The lowest BCUT2D eigenvalue weighted by molar-refractivity contribution is -0.131. The Morgan fingerprint density at radius 1 is 1.22 bits per heavy atom. The molecule has 0 spiro atoms. The fraction of sp³-hybridized carbons (Fsp3) is 0.667. The largest absolute Gasteiger partial charge is 0.478 e. The topological polar surface area (TPSA) is 73.8 Å². The van der Waals surface area contributed by atoms with Gasteiger partial charge in [-0.15, -0.1) is 0 Å². The molecular weight excluding hydrogens is 226 g/mol. The summed E-state index contributed by atoms with van der Waals surface area (Å²) in [4.78, 5) is 10.4. The molecule has 3 heteroatoms. The minimum atomic E-state index is -0.878. The van der Waals surface area contributed by atoms with E-state index in [1.165, 1.54) is 25.3 Å². The Morgan fingerprint density at radius 3 is 2.33 bits per heavy atom. The van der Waals surface area contributed by atoms with E-state index in [9.17, 15) is 4.79 Å². The van der Waals surface area contributed by atoms with Crippen LogP contribution in [0.1, 0.15) is 53.4 Å². The van der Waals surface area contributed by atoms with Crippen molar-refractivity contribution >= 4 is 5.97 Å². The summed E-state index contributed by atoms with van der Waals surface area (Å²) in [7, 11) is 0. The van der Waals surface area contributed by atoms with E-state index in [1.54, 1.807) is 0 Å². The van der Waals surface area contributed by atoms with Gasteiger partial charge in [-0.25, -0.2) is 4.79 Å². The zero-order valence-electron chi connectivity index (χ0n) is 12.6. The molecule has 0 saturated carbocycles. The third-order valence-electron chi connectivity index (χ3n) is 2.75. The van der Waals surface area contributed by atoms with Crippen LogP contribution in [0.15, 0.2) is 23.8 Å². The van der Waals surface area contributed by atoms with Gasteiger partial charge >= 0.3 is 5.97 Å². The zero-order chi connectivity index (χ0) is 13.3. The molecule has 0 bridgehead atoms. The van der Waals surface area contributed by atoms with Crippen LogP contribution in [0.2, 0.25) is 0 Å². The molecule has 0 radical (unpaired) electrons. The van der Waals surface area contributed by atoms with E-state index >= 15 is 0 Å². The second kappa shape index (κ2) is 11.0. The highest BCUT2D eigenvalue weighted by atomic mass is 16.4. The molecule has 0 heterocycles. The van der Waals surface area contributed by atoms with Crippen molar-refractivity contribution in [1.29, 1.82) is 0 Å². The number of carboxylic acids is 1. The second-order valence-electron chi connectivity index (χ2n) is 5.29. The molecule has 106 valence electrons. The minimum Gasteiger partial charge on any atom is -0.478 e. The summed E-state index contributed by atoms with van der Waals surface area (Å²) in [6, 6.07) is 0. The van der Waals surface area contributed by atoms with Gasteiger partial charge in [0, 0.05) is 6.08 Å². The molecule has 0 rings (SSSR count). The van der Waals surface area contributed by atoms with E-state index < -0.39 is 5.97 Å². The van der Waals surface area contributed by atoms with Crippen LogP contribution in [-0.2, 0) is 4.79 Å². The predicted molar refractivity (Wildman–Crippen MR) is 79.0 cm³/mol. The molecule has 0 aromatic rings. The number of hydrogen-bond acceptors (Lipinski definition) is 1. The van der Waals surface area contributed by atoms with Crippen LogP contribution >= 0.6 is 0 Å². The van der Waals surface area contributed by atoms with Crippen LogP contribution in [-0.4, -0.2) is 11.1 Å². The molecule has 0 aromatic carbocycles. The quantitative estimate of drug-likeness (QED) is 0.483. The Morgan fingerprint density at radius 2 is 1.83 bits per heavy atom. The SMILES string of the molecule is CC(/C=C/CC(C)CCCC(C)C)=C\C(=O)O.[NH4+]. The zero-order valence-corrected chi connectivity index (χ0v) is 12.6. The molecular formula is C15H30NO2+. The number of hydrogen-bond donors (Lipinski definition) is 2. The van der Waals surface area contributed by atoms with Gasteiger partial charge in [0.1, 0.15) is 0 Å². The lowest BCUT2D eigenvalue weighted by atomic mass is 9.97. The van der Waals surface area contributed by atoms with Gasteiger partial charge in [-0.3, -0.25) is 0 Å². The van der Waals surface area contributed by atoms with Crippen molar-refractivity contribution in [2.75, 3.05) is 0 Å². The highest BCUT2D eigenvalue weighted by Gasteiger charge is 2.01. The number of allylic oxidation sites excluding steroid dienone is 3. The molecule has 0 fully saturated rings. The predicted octanol–water partition coefficient (Wildman–Crippen LogP) is 4.80. The highest BCUT2D eigenvalue weighted by Crippen LogP contribution is 2.15. The van der Waals surface area contributed by atoms with Gasteiger partial charge in [-0.05, 0) is 30.8 Å². The Bertz CT molecular complexity index is 280. The summed E-state index contributed by atoms with van der Waals surface area (Å²) >= 11 is 0. The van der Waals surface area contributed by atoms with Gasteiger partial charge < -0.3 is 11.3 Å². The van der Waals surface area contributed by atoms with Gasteiger partial charge in [0.2, 0.25) is 0 Å². The maximum absolute atomic E-state index is 10.4. The summed E-state index contributed by atoms with van der Waals surface area (Å²) in [6.45, 7) is 8.57. The van der Waals surface area contributed by atoms with Crippen LogP contribution < -0.4 is 6.15 Å². The second-order valence-corrected chi connectivity index (χ2v) is 5.29. The van der Waals surface area contributed by atoms with Gasteiger partial charge in [0.15, 0.2) is 0 Å². The van der Waals surface area contributed by atoms with Crippen molar-refractivity contribution in [2.24, 2.45) is 11.8 Å². The monoisotopic (exact) mass is 256 g/mol. The summed E-state index contributed by atoms with van der Waals surface area (Å²) in [6.07, 6.45) is 10.1. The molecule has 0 aliphatic rings. The first-order valence-electron chi connectivity index (χ1n) is 6.49. The molecule has 5 N–H and O–H groups in total. The van der Waals surface area contributed by atoms with E-state index in [4.69, 9.17) is 5.11 Å². The van der Waals surface area contributed by atoms with E-state index in [-0.39, 0.29) is 6.15 Å². The van der Waals surface area contributed by atoms with Crippen molar-refractivity contribution in [3.8, 4) is 0 Å². The highest BCUT2D eigenvalue weighted by molar-refractivity contribution is 5.81. The van der Waals surface area contributed by atoms with Gasteiger partial charge in [0.05, 0.1) is 0 Å². The normalized spacial score (nSPS) is 13.7. The molecule has 0 amide bonds. The van der Waals surface area contributed by atoms with Gasteiger partial charge in [-0.2, -0.15) is 0 Å². The van der Waals surface area contributed by atoms with Crippen LogP contribution in [0.25, 0.3) is 0 Å². The number of carbonyl (C=O) groups is 1. The summed E-state index contributed by atoms with van der Waals surface area (Å²) in [5.74, 6) is 0.596. The molecule has 1 atom stereocenters. The molecule has 1 unspecified atom stereocenters. The minimum absolute atomic E-state index is 0. The standard InChI is InChI=1S/C15H26O2.H3N/c1-12(2)7-5-8-13(3)9-6-10-14(4)11-15(16)17;/h6,10-13H,5,7-9H2,1-4H3,(H,16,17);1H3/p+1/b10-6+,14-11+;. The summed E-state index contributed by atoms with van der Waals surface area (Å²) < 4.78 is 0. The van der Waals surface area contributed by atoms with Crippen LogP contribution in [0, 0.1) is 11.8 Å². The van der Waals surface area contributed by atoms with E-state index in [0.29, 0.717) is 5.92 Å². The van der Waals surface area contributed by atoms with Crippen molar-refractivity contribution in [3.05, 3.63) is 23.8 Å². The maximum atomic E-state index is 10.4. The third-order valence-corrected chi connectivity index (χ3v) is 2.75. The molecule has 0 saturated heterocycles. The number of rotatable bonds is 8. The fourth-order valence-electron chi connectivity index (χ4n) is 1.72. The van der Waals surface area contributed by atoms with Gasteiger partial charge in [-0.1, -0.05) is 52.2 Å². The number of carboxylic acid groups (broad SMARTS) is 1. The summed E-state index contributed by atoms with van der Waals surface area (Å²) in [5.41, 5.74) is 0.798. The van der Waals surface area contributed by atoms with Crippen molar-refractivity contribution in [3.63, 3.8) is 0 Å². The molecule has 3 nitrogen and oxygen atoms in total. The Kier molecular flexibility index (Phi) is 11.8. The fourth-order valence-corrected chi connectivity index (χ4v) is 1.72. The number of aliphatic carboxylic acids is 1. The van der Waals surface area contributed by atoms with Crippen LogP contribution in [0.4, 0.5) is 0 Å².